The molecule has 50 heavy (non-hydrogen) atoms. The molecule has 262 valence electrons. The maximum Gasteiger partial charge on any atom is 0.329 e. The number of hydrogen-bond acceptors (Lipinski definition) is 14. The minimum atomic E-state index is -3.71. The highest BCUT2D eigenvalue weighted by Gasteiger charge is 2.26. The number of hydrogen-bond donors (Lipinski definition) is 4. The molecule has 0 bridgehead atoms. The molecule has 4 N–H and O–H groups in total. The van der Waals surface area contributed by atoms with Crippen molar-refractivity contribution in [3.63, 3.8) is 0 Å². The predicted molar refractivity (Wildman–Crippen MR) is 187 cm³/mol. The third kappa shape index (κ3) is 8.63. The Bertz CT molecular complexity index is 1960. The lowest BCUT2D eigenvalue weighted by Crippen LogP contribution is -2.50. The second kappa shape index (κ2) is 14.3. The minimum absolute atomic E-state index is 0.144. The van der Waals surface area contributed by atoms with Crippen LogP contribution in [0.1, 0.15) is 38.4 Å². The molecule has 18 heteroatoms. The van der Waals surface area contributed by atoms with Crippen LogP contribution in [0.2, 0.25) is 0 Å². The molecule has 1 aromatic carbocycles. The van der Waals surface area contributed by atoms with Crippen molar-refractivity contribution >= 4 is 56.9 Å². The van der Waals surface area contributed by atoms with Gasteiger partial charge in [0.05, 0.1) is 10.6 Å². The van der Waals surface area contributed by atoms with Crippen molar-refractivity contribution in [3.05, 3.63) is 66.0 Å². The Morgan fingerprint density at radius 1 is 0.880 bits per heavy atom. The van der Waals surface area contributed by atoms with Crippen LogP contribution in [0, 0.1) is 6.92 Å². The van der Waals surface area contributed by atoms with Gasteiger partial charge in [0, 0.05) is 68.7 Å². The normalized spacial score (nSPS) is 15.9. The molecule has 2 saturated heterocycles. The van der Waals surface area contributed by atoms with Crippen molar-refractivity contribution in [1.82, 2.24) is 45.3 Å². The van der Waals surface area contributed by atoms with Crippen molar-refractivity contribution in [3.8, 4) is 0 Å². The van der Waals surface area contributed by atoms with Crippen molar-refractivity contribution in [2.75, 3.05) is 53.2 Å². The average Bonchev–Trinajstić information content (AvgIpc) is 3.07. The van der Waals surface area contributed by atoms with Gasteiger partial charge in [0.1, 0.15) is 5.82 Å². The number of anilines is 6. The Morgan fingerprint density at radius 2 is 1.64 bits per heavy atom. The Labute approximate surface area is 290 Å². The van der Waals surface area contributed by atoms with E-state index in [9.17, 15) is 18.0 Å². The molecule has 0 spiro atoms. The molecule has 4 aromatic rings. The SMILES string of the molecule is Cc1cnc(Nc2ccc(N3CCN(Cc4ccc(N5CCC(=O)NC5=O)nn4)CC3)nn2)nc1Nc1cccc(S(=O)(=O)NC(C)(C)C)c1. The number of aromatic nitrogens is 6. The van der Waals surface area contributed by atoms with Gasteiger partial charge in [-0.05, 0) is 70.2 Å². The van der Waals surface area contributed by atoms with Gasteiger partial charge in [0.2, 0.25) is 21.9 Å². The fraction of sp³-hybridized carbons (Fsp3) is 0.375. The number of nitrogens with one attached hydrogen (secondary N) is 4. The van der Waals surface area contributed by atoms with Crippen LogP contribution in [0.3, 0.4) is 0 Å². The number of benzene rings is 1. The first-order valence-electron chi connectivity index (χ1n) is 16.1. The summed E-state index contributed by atoms with van der Waals surface area (Å²) in [4.78, 5) is 38.4. The van der Waals surface area contributed by atoms with Gasteiger partial charge >= 0.3 is 6.03 Å². The van der Waals surface area contributed by atoms with Crippen molar-refractivity contribution in [2.45, 2.75) is 51.1 Å². The van der Waals surface area contributed by atoms with Crippen LogP contribution in [0.15, 0.2) is 59.6 Å². The number of carbonyl (C=O) groups is 2. The zero-order valence-electron chi connectivity index (χ0n) is 28.2. The number of urea groups is 1. The lowest BCUT2D eigenvalue weighted by atomic mass is 10.1. The predicted octanol–water partition coefficient (Wildman–Crippen LogP) is 2.70. The molecule has 17 nitrogen and oxygen atoms in total. The van der Waals surface area contributed by atoms with Gasteiger partial charge in [0.25, 0.3) is 0 Å². The van der Waals surface area contributed by atoms with Gasteiger partial charge in [-0.15, -0.1) is 15.3 Å². The molecule has 2 aliphatic rings. The summed E-state index contributed by atoms with van der Waals surface area (Å²) in [6.45, 7) is 11.2. The molecule has 0 aliphatic carbocycles. The summed E-state index contributed by atoms with van der Waals surface area (Å²) >= 11 is 0. The molecule has 2 aliphatic heterocycles. The van der Waals surface area contributed by atoms with Gasteiger partial charge in [-0.3, -0.25) is 19.9 Å². The van der Waals surface area contributed by atoms with Crippen LogP contribution in [-0.2, 0) is 21.4 Å². The third-order valence-electron chi connectivity index (χ3n) is 7.83. The van der Waals surface area contributed by atoms with Gasteiger partial charge < -0.3 is 15.5 Å². The first-order chi connectivity index (χ1) is 23.8. The van der Waals surface area contributed by atoms with E-state index in [1.165, 1.54) is 4.90 Å². The molecule has 6 rings (SSSR count). The number of carbonyl (C=O) groups excluding carboxylic acids is 2. The van der Waals surface area contributed by atoms with E-state index in [-0.39, 0.29) is 23.8 Å². The van der Waals surface area contributed by atoms with E-state index in [0.29, 0.717) is 35.6 Å². The van der Waals surface area contributed by atoms with Crippen LogP contribution in [0.5, 0.6) is 0 Å². The fourth-order valence-corrected chi connectivity index (χ4v) is 6.84. The summed E-state index contributed by atoms with van der Waals surface area (Å²) in [7, 11) is -3.71. The Balaban J connectivity index is 1.01. The second-order valence-corrected chi connectivity index (χ2v) is 14.7. The number of piperazine rings is 1. The highest BCUT2D eigenvalue weighted by Crippen LogP contribution is 2.24. The van der Waals surface area contributed by atoms with Crippen LogP contribution in [-0.4, -0.2) is 93.9 Å². The molecular formula is C32H39N13O4S. The van der Waals surface area contributed by atoms with Crippen LogP contribution >= 0.6 is 0 Å². The smallest absolute Gasteiger partial charge is 0.329 e. The van der Waals surface area contributed by atoms with E-state index >= 15 is 0 Å². The largest absolute Gasteiger partial charge is 0.353 e. The number of sulfonamides is 1. The topological polar surface area (TPSA) is 203 Å². The van der Waals surface area contributed by atoms with Crippen LogP contribution < -0.4 is 30.5 Å². The molecule has 3 aromatic heterocycles. The van der Waals surface area contributed by atoms with Gasteiger partial charge in [-0.1, -0.05) is 6.07 Å². The maximum atomic E-state index is 12.8. The summed E-state index contributed by atoms with van der Waals surface area (Å²) < 4.78 is 28.3. The number of rotatable bonds is 10. The van der Waals surface area contributed by atoms with Crippen molar-refractivity contribution in [1.29, 1.82) is 0 Å². The fourth-order valence-electron chi connectivity index (χ4n) is 5.37. The zero-order chi connectivity index (χ0) is 35.5. The van der Waals surface area contributed by atoms with E-state index in [1.807, 2.05) is 25.1 Å². The minimum Gasteiger partial charge on any atom is -0.353 e. The maximum absolute atomic E-state index is 12.8. The number of imide groups is 1. The standard InChI is InChI=1S/C32H39N13O4S/c1-21-19-33-30(37-29(21)34-22-6-5-7-24(18-22)50(48,49)42-32(2,3)4)35-25-9-11-26(40-39-25)44-16-14-43(15-17-44)20-23-8-10-27(41-38-23)45-13-12-28(46)36-31(45)47/h5-11,18-19,42H,12-17,20H2,1-4H3,(H,36,46,47)(H2,33,34,35,37,39). The molecule has 2 fully saturated rings. The quantitative estimate of drug-likeness (QED) is 0.188. The van der Waals surface area contributed by atoms with Gasteiger partial charge in [0.15, 0.2) is 17.5 Å². The molecule has 0 radical (unpaired) electrons. The highest BCUT2D eigenvalue weighted by molar-refractivity contribution is 7.89. The molecule has 0 saturated carbocycles. The van der Waals surface area contributed by atoms with Crippen molar-refractivity contribution < 1.29 is 18.0 Å². The molecule has 5 heterocycles. The first-order valence-corrected chi connectivity index (χ1v) is 17.6. The summed E-state index contributed by atoms with van der Waals surface area (Å²) in [6, 6.07) is 13.4. The molecular weight excluding hydrogens is 663 g/mol. The highest BCUT2D eigenvalue weighted by atomic mass is 32.2. The second-order valence-electron chi connectivity index (χ2n) is 13.0. The summed E-state index contributed by atoms with van der Waals surface area (Å²) in [6.07, 6.45) is 1.89. The van der Waals surface area contributed by atoms with Gasteiger partial charge in [-0.25, -0.2) is 22.9 Å². The first kappa shape index (κ1) is 34.5. The number of aryl methyl sites for hydroxylation is 1. The summed E-state index contributed by atoms with van der Waals surface area (Å²) in [5.41, 5.74) is 1.51. The van der Waals surface area contributed by atoms with Crippen LogP contribution in [0.4, 0.5) is 39.7 Å². The van der Waals surface area contributed by atoms with E-state index in [2.05, 4.69) is 60.8 Å². The van der Waals surface area contributed by atoms with E-state index in [1.54, 1.807) is 57.3 Å². The number of amides is 3. The Morgan fingerprint density at radius 3 is 2.32 bits per heavy atom. The molecule has 0 atom stereocenters. The van der Waals surface area contributed by atoms with Crippen molar-refractivity contribution in [2.24, 2.45) is 0 Å². The van der Waals surface area contributed by atoms with E-state index in [4.69, 9.17) is 0 Å². The zero-order valence-corrected chi connectivity index (χ0v) is 29.0. The third-order valence-corrected chi connectivity index (χ3v) is 9.58. The van der Waals surface area contributed by atoms with E-state index in [0.717, 1.165) is 43.3 Å². The lowest BCUT2D eigenvalue weighted by Gasteiger charge is -2.34. The Hall–Kier alpha value is -5.33. The molecule has 0 unspecified atom stereocenters. The van der Waals surface area contributed by atoms with E-state index < -0.39 is 21.6 Å². The van der Waals surface area contributed by atoms with Crippen LogP contribution in [0.25, 0.3) is 0 Å². The monoisotopic (exact) mass is 701 g/mol. The number of nitrogens with zero attached hydrogens (tertiary/aromatic N) is 9. The average molecular weight is 702 g/mol. The molecule has 3 amide bonds. The summed E-state index contributed by atoms with van der Waals surface area (Å²) in [5.74, 6) is 2.16. The summed E-state index contributed by atoms with van der Waals surface area (Å²) in [5, 5.41) is 25.8. The lowest BCUT2D eigenvalue weighted by molar-refractivity contribution is -0.120. The Kier molecular flexibility index (Phi) is 9.85. The van der Waals surface area contributed by atoms with Gasteiger partial charge in [-0.2, -0.15) is 10.1 Å².